The van der Waals surface area contributed by atoms with E-state index in [1.165, 1.54) is 0 Å². The Kier molecular flexibility index (Phi) is 5.63. The average Bonchev–Trinajstić information content (AvgIpc) is 3.06. The van der Waals surface area contributed by atoms with Crippen molar-refractivity contribution in [3.8, 4) is 22.8 Å². The highest BCUT2D eigenvalue weighted by Gasteiger charge is 2.12. The standard InChI is InChI=1S/C20H21N3O2S/c1-13(16-10-11-17(24-3)18(12-16)25-4)22-23-20-21-19(14(2)26-20)15-8-6-5-7-9-15/h5-13H,1-4H3. The predicted molar refractivity (Wildman–Crippen MR) is 105 cm³/mol. The summed E-state index contributed by atoms with van der Waals surface area (Å²) in [5, 5.41) is 9.43. The molecule has 3 rings (SSSR count). The van der Waals surface area contributed by atoms with Crippen LogP contribution in [0.1, 0.15) is 23.4 Å². The minimum atomic E-state index is -0.112. The van der Waals surface area contributed by atoms with Gasteiger partial charge in [0.05, 0.1) is 26.0 Å². The van der Waals surface area contributed by atoms with E-state index in [9.17, 15) is 0 Å². The molecule has 3 aromatic rings. The van der Waals surface area contributed by atoms with E-state index < -0.39 is 0 Å². The minimum absolute atomic E-state index is 0.112. The molecule has 1 aromatic heterocycles. The van der Waals surface area contributed by atoms with Crippen molar-refractivity contribution < 1.29 is 9.47 Å². The SMILES string of the molecule is COc1ccc(C(C)N=Nc2nc(-c3ccccc3)c(C)s2)cc1OC. The first kappa shape index (κ1) is 18.1. The highest BCUT2D eigenvalue weighted by Crippen LogP contribution is 2.34. The van der Waals surface area contributed by atoms with Crippen LogP contribution in [0.2, 0.25) is 0 Å². The number of rotatable bonds is 6. The van der Waals surface area contributed by atoms with Crippen LogP contribution in [0.3, 0.4) is 0 Å². The molecule has 0 aliphatic rings. The Bertz CT molecular complexity index is 907. The molecule has 1 heterocycles. The van der Waals surface area contributed by atoms with Crippen LogP contribution in [0.5, 0.6) is 11.5 Å². The van der Waals surface area contributed by atoms with Gasteiger partial charge < -0.3 is 9.47 Å². The van der Waals surface area contributed by atoms with E-state index in [1.54, 1.807) is 25.6 Å². The molecule has 134 valence electrons. The fraction of sp³-hybridized carbons (Fsp3) is 0.250. The highest BCUT2D eigenvalue weighted by molar-refractivity contribution is 7.15. The normalized spacial score (nSPS) is 12.3. The number of benzene rings is 2. The molecular formula is C20H21N3O2S. The molecule has 2 aromatic carbocycles. The minimum Gasteiger partial charge on any atom is -0.493 e. The summed E-state index contributed by atoms with van der Waals surface area (Å²) in [6, 6.07) is 15.8. The van der Waals surface area contributed by atoms with Crippen LogP contribution in [-0.4, -0.2) is 19.2 Å². The maximum Gasteiger partial charge on any atom is 0.230 e. The molecule has 0 fully saturated rings. The molecule has 1 unspecified atom stereocenters. The third kappa shape index (κ3) is 3.91. The first-order valence-corrected chi connectivity index (χ1v) is 9.09. The lowest BCUT2D eigenvalue weighted by Crippen LogP contribution is -1.94. The Labute approximate surface area is 157 Å². The summed E-state index contributed by atoms with van der Waals surface area (Å²) >= 11 is 1.54. The number of thiazole rings is 1. The molecular weight excluding hydrogens is 346 g/mol. The Hall–Kier alpha value is -2.73. The number of hydrogen-bond acceptors (Lipinski definition) is 6. The van der Waals surface area contributed by atoms with Crippen molar-refractivity contribution in [2.24, 2.45) is 10.2 Å². The lowest BCUT2D eigenvalue weighted by Gasteiger charge is -2.11. The zero-order chi connectivity index (χ0) is 18.5. The van der Waals surface area contributed by atoms with Gasteiger partial charge in [-0.25, -0.2) is 4.98 Å². The van der Waals surface area contributed by atoms with Gasteiger partial charge in [-0.15, -0.1) is 5.11 Å². The molecule has 0 saturated carbocycles. The van der Waals surface area contributed by atoms with Gasteiger partial charge in [-0.05, 0) is 31.5 Å². The summed E-state index contributed by atoms with van der Waals surface area (Å²) in [5.74, 6) is 1.38. The Morgan fingerprint density at radius 2 is 1.73 bits per heavy atom. The first-order chi connectivity index (χ1) is 12.6. The third-order valence-electron chi connectivity index (χ3n) is 4.04. The highest BCUT2D eigenvalue weighted by atomic mass is 32.1. The predicted octanol–water partition coefficient (Wildman–Crippen LogP) is 5.98. The second kappa shape index (κ2) is 8.10. The van der Waals surface area contributed by atoms with Crippen molar-refractivity contribution in [3.63, 3.8) is 0 Å². The number of methoxy groups -OCH3 is 2. The van der Waals surface area contributed by atoms with Crippen LogP contribution < -0.4 is 9.47 Å². The third-order valence-corrected chi connectivity index (χ3v) is 4.89. The van der Waals surface area contributed by atoms with Crippen molar-refractivity contribution in [1.29, 1.82) is 0 Å². The quantitative estimate of drug-likeness (QED) is 0.504. The van der Waals surface area contributed by atoms with Crippen LogP contribution >= 0.6 is 11.3 Å². The van der Waals surface area contributed by atoms with Crippen LogP contribution in [-0.2, 0) is 0 Å². The summed E-state index contributed by atoms with van der Waals surface area (Å²) < 4.78 is 10.6. The van der Waals surface area contributed by atoms with Gasteiger partial charge in [0, 0.05) is 10.4 Å². The number of aryl methyl sites for hydroxylation is 1. The molecule has 1 atom stereocenters. The van der Waals surface area contributed by atoms with Gasteiger partial charge in [-0.1, -0.05) is 47.7 Å². The number of azo groups is 1. The molecule has 0 aliphatic carbocycles. The molecule has 0 aliphatic heterocycles. The maximum absolute atomic E-state index is 5.35. The molecule has 0 amide bonds. The number of hydrogen-bond donors (Lipinski definition) is 0. The van der Waals surface area contributed by atoms with E-state index >= 15 is 0 Å². The number of aromatic nitrogens is 1. The Morgan fingerprint density at radius 1 is 1.00 bits per heavy atom. The second-order valence-electron chi connectivity index (χ2n) is 5.77. The molecule has 0 radical (unpaired) electrons. The number of ether oxygens (including phenoxy) is 2. The van der Waals surface area contributed by atoms with Gasteiger partial charge in [0.1, 0.15) is 0 Å². The van der Waals surface area contributed by atoms with Gasteiger partial charge in [0.2, 0.25) is 5.13 Å². The van der Waals surface area contributed by atoms with Crippen LogP contribution in [0.15, 0.2) is 58.8 Å². The Morgan fingerprint density at radius 3 is 2.42 bits per heavy atom. The smallest absolute Gasteiger partial charge is 0.230 e. The van der Waals surface area contributed by atoms with Crippen molar-refractivity contribution >= 4 is 16.5 Å². The average molecular weight is 367 g/mol. The molecule has 0 spiro atoms. The molecule has 0 bridgehead atoms. The van der Waals surface area contributed by atoms with E-state index in [4.69, 9.17) is 9.47 Å². The summed E-state index contributed by atoms with van der Waals surface area (Å²) in [5.41, 5.74) is 3.06. The van der Waals surface area contributed by atoms with E-state index in [0.717, 1.165) is 21.7 Å². The second-order valence-corrected chi connectivity index (χ2v) is 6.95. The van der Waals surface area contributed by atoms with Crippen LogP contribution in [0, 0.1) is 6.92 Å². The summed E-state index contributed by atoms with van der Waals surface area (Å²) in [6.07, 6.45) is 0. The maximum atomic E-state index is 5.35. The zero-order valence-electron chi connectivity index (χ0n) is 15.3. The van der Waals surface area contributed by atoms with Crippen LogP contribution in [0.25, 0.3) is 11.3 Å². The summed E-state index contributed by atoms with van der Waals surface area (Å²) in [7, 11) is 3.24. The lowest BCUT2D eigenvalue weighted by atomic mass is 10.1. The van der Waals surface area contributed by atoms with Gasteiger partial charge in [0.15, 0.2) is 11.5 Å². The van der Waals surface area contributed by atoms with E-state index in [2.05, 4.69) is 34.3 Å². The Balaban J connectivity index is 1.80. The molecule has 26 heavy (non-hydrogen) atoms. The lowest BCUT2D eigenvalue weighted by molar-refractivity contribution is 0.354. The van der Waals surface area contributed by atoms with Gasteiger partial charge in [0.25, 0.3) is 0 Å². The summed E-state index contributed by atoms with van der Waals surface area (Å²) in [6.45, 7) is 4.04. The van der Waals surface area contributed by atoms with Crippen molar-refractivity contribution in [1.82, 2.24) is 4.98 Å². The zero-order valence-corrected chi connectivity index (χ0v) is 16.1. The van der Waals surface area contributed by atoms with Gasteiger partial charge in [-0.2, -0.15) is 5.11 Å². The van der Waals surface area contributed by atoms with Crippen molar-refractivity contribution in [2.75, 3.05) is 14.2 Å². The first-order valence-electron chi connectivity index (χ1n) is 8.28. The topological polar surface area (TPSA) is 56.1 Å². The van der Waals surface area contributed by atoms with E-state index in [1.807, 2.05) is 43.3 Å². The largest absolute Gasteiger partial charge is 0.493 e. The van der Waals surface area contributed by atoms with E-state index in [0.29, 0.717) is 16.6 Å². The molecule has 5 nitrogen and oxygen atoms in total. The van der Waals surface area contributed by atoms with Crippen molar-refractivity contribution in [3.05, 3.63) is 59.0 Å². The number of nitrogens with zero attached hydrogens (tertiary/aromatic N) is 3. The fourth-order valence-corrected chi connectivity index (χ4v) is 3.36. The molecule has 0 N–H and O–H groups in total. The van der Waals surface area contributed by atoms with Gasteiger partial charge in [-0.3, -0.25) is 0 Å². The fourth-order valence-electron chi connectivity index (χ4n) is 2.60. The molecule has 0 saturated heterocycles. The van der Waals surface area contributed by atoms with E-state index in [-0.39, 0.29) is 6.04 Å². The van der Waals surface area contributed by atoms with Crippen LogP contribution in [0.4, 0.5) is 5.13 Å². The monoisotopic (exact) mass is 367 g/mol. The molecule has 6 heteroatoms. The van der Waals surface area contributed by atoms with Crippen molar-refractivity contribution in [2.45, 2.75) is 19.9 Å². The van der Waals surface area contributed by atoms with Gasteiger partial charge >= 0.3 is 0 Å². The summed E-state index contributed by atoms with van der Waals surface area (Å²) in [4.78, 5) is 5.75.